The van der Waals surface area contributed by atoms with E-state index in [1.807, 2.05) is 6.92 Å². The molecule has 1 fully saturated rings. The van der Waals surface area contributed by atoms with Crippen molar-refractivity contribution in [3.63, 3.8) is 0 Å². The number of benzene rings is 1. The quantitative estimate of drug-likeness (QED) is 0.830. The summed E-state index contributed by atoms with van der Waals surface area (Å²) in [6.07, 6.45) is 4.22. The van der Waals surface area contributed by atoms with Gasteiger partial charge in [-0.1, -0.05) is 11.6 Å². The van der Waals surface area contributed by atoms with Gasteiger partial charge in [-0.2, -0.15) is 0 Å². The van der Waals surface area contributed by atoms with Crippen LogP contribution in [0.3, 0.4) is 0 Å². The fraction of sp³-hybridized carbons (Fsp3) is 0.611. The lowest BCUT2D eigenvalue weighted by molar-refractivity contribution is -0.123. The highest BCUT2D eigenvalue weighted by atomic mass is 35.5. The molecule has 2 aliphatic rings. The topological polar surface area (TPSA) is 59.0 Å². The van der Waals surface area contributed by atoms with Crippen molar-refractivity contribution < 1.29 is 19.4 Å². The Morgan fingerprint density at radius 1 is 1.24 bits per heavy atom. The molecule has 0 unspecified atom stereocenters. The first-order valence-corrected chi connectivity index (χ1v) is 8.71. The second-order valence-electron chi connectivity index (χ2n) is 7.18. The van der Waals surface area contributed by atoms with Crippen LogP contribution in [0.4, 0.5) is 0 Å². The maximum atomic E-state index is 11.4. The molecular weight excluding hydrogens is 365 g/mol. The molecule has 1 aromatic rings. The summed E-state index contributed by atoms with van der Waals surface area (Å²) in [4.78, 5) is 13.6. The summed E-state index contributed by atoms with van der Waals surface area (Å²) in [6.45, 7) is 3.67. The van der Waals surface area contributed by atoms with Crippen molar-refractivity contribution in [2.45, 2.75) is 51.4 Å². The van der Waals surface area contributed by atoms with Gasteiger partial charge in [-0.25, -0.2) is 4.79 Å². The first kappa shape index (κ1) is 20.1. The van der Waals surface area contributed by atoms with Crippen LogP contribution < -0.4 is 9.47 Å². The van der Waals surface area contributed by atoms with E-state index in [9.17, 15) is 9.90 Å². The third kappa shape index (κ3) is 3.55. The molecule has 7 heteroatoms. The molecule has 1 heterocycles. The number of nitrogens with zero attached hydrogens (tertiary/aromatic N) is 1. The monoisotopic (exact) mass is 389 g/mol. The minimum absolute atomic E-state index is 0. The summed E-state index contributed by atoms with van der Waals surface area (Å²) in [6, 6.07) is 2.04. The standard InChI is InChI=1S/C18H24ClNO4.ClH/c1-10-13(17(21)22)9-14(19)16-15(10)23-18(2,24-16)11-5-7-12(8-6-11)20(3)4;/h9,11-12H,5-8H2,1-4H3,(H,21,22);1H/t11-,12-,18-;/m1./s1. The van der Waals surface area contributed by atoms with Crippen molar-refractivity contribution in [2.75, 3.05) is 14.1 Å². The maximum Gasteiger partial charge on any atom is 0.336 e. The van der Waals surface area contributed by atoms with Crippen molar-refractivity contribution in [3.05, 3.63) is 22.2 Å². The van der Waals surface area contributed by atoms with Gasteiger partial charge in [-0.15, -0.1) is 12.4 Å². The van der Waals surface area contributed by atoms with Gasteiger partial charge >= 0.3 is 5.97 Å². The summed E-state index contributed by atoms with van der Waals surface area (Å²) in [5, 5.41) is 9.61. The predicted octanol–water partition coefficient (Wildman–Crippen LogP) is 4.38. The fourth-order valence-corrected chi connectivity index (χ4v) is 4.08. The van der Waals surface area contributed by atoms with E-state index in [-0.39, 0.29) is 23.9 Å². The lowest BCUT2D eigenvalue weighted by Gasteiger charge is -2.39. The molecule has 25 heavy (non-hydrogen) atoms. The van der Waals surface area contributed by atoms with Gasteiger partial charge in [0.25, 0.3) is 5.79 Å². The summed E-state index contributed by atoms with van der Waals surface area (Å²) in [5.74, 6) is -0.607. The molecule has 1 saturated carbocycles. The van der Waals surface area contributed by atoms with Gasteiger partial charge in [-0.3, -0.25) is 0 Å². The van der Waals surface area contributed by atoms with Gasteiger partial charge in [0.05, 0.1) is 10.6 Å². The molecule has 1 N–H and O–H groups in total. The van der Waals surface area contributed by atoms with Crippen LogP contribution in [-0.2, 0) is 0 Å². The Balaban J connectivity index is 0.00000225. The first-order chi connectivity index (χ1) is 11.2. The van der Waals surface area contributed by atoms with Gasteiger partial charge in [0.1, 0.15) is 0 Å². The van der Waals surface area contributed by atoms with Crippen LogP contribution in [0.1, 0.15) is 48.5 Å². The zero-order valence-electron chi connectivity index (χ0n) is 15.0. The Labute approximate surface area is 159 Å². The Morgan fingerprint density at radius 3 is 2.32 bits per heavy atom. The summed E-state index contributed by atoms with van der Waals surface area (Å²) in [7, 11) is 4.23. The smallest absolute Gasteiger partial charge is 0.336 e. The Bertz CT molecular complexity index is 672. The number of hydrogen-bond donors (Lipinski definition) is 1. The average molecular weight is 390 g/mol. The van der Waals surface area contributed by atoms with E-state index >= 15 is 0 Å². The molecular formula is C18H25Cl2NO4. The zero-order chi connectivity index (χ0) is 17.6. The van der Waals surface area contributed by atoms with E-state index in [4.69, 9.17) is 21.1 Å². The van der Waals surface area contributed by atoms with Crippen LogP contribution in [0, 0.1) is 12.8 Å². The minimum atomic E-state index is -1.01. The lowest BCUT2D eigenvalue weighted by atomic mass is 9.81. The molecule has 0 amide bonds. The summed E-state index contributed by atoms with van der Waals surface area (Å²) >= 11 is 6.25. The number of ether oxygens (including phenoxy) is 2. The Hall–Kier alpha value is -1.17. The molecule has 1 aromatic carbocycles. The molecule has 0 spiro atoms. The molecule has 1 atom stereocenters. The van der Waals surface area contributed by atoms with Crippen molar-refractivity contribution >= 4 is 30.0 Å². The number of hydrogen-bond acceptors (Lipinski definition) is 4. The number of rotatable bonds is 3. The molecule has 1 aliphatic carbocycles. The lowest BCUT2D eigenvalue weighted by Crippen LogP contribution is -2.46. The van der Waals surface area contributed by atoms with Crippen LogP contribution in [0.5, 0.6) is 11.5 Å². The van der Waals surface area contributed by atoms with Gasteiger partial charge < -0.3 is 19.5 Å². The Kier molecular flexibility index (Phi) is 5.81. The van der Waals surface area contributed by atoms with E-state index in [0.717, 1.165) is 25.7 Å². The molecule has 0 aromatic heterocycles. The molecule has 0 saturated heterocycles. The second-order valence-corrected chi connectivity index (χ2v) is 7.59. The van der Waals surface area contributed by atoms with E-state index in [2.05, 4.69) is 19.0 Å². The number of halogens is 2. The maximum absolute atomic E-state index is 11.4. The van der Waals surface area contributed by atoms with Crippen molar-refractivity contribution in [1.29, 1.82) is 0 Å². The fourth-order valence-electron chi connectivity index (χ4n) is 3.85. The normalized spacial score (nSPS) is 27.9. The van der Waals surface area contributed by atoms with Gasteiger partial charge in [0, 0.05) is 24.4 Å². The number of aromatic carboxylic acids is 1. The molecule has 0 radical (unpaired) electrons. The van der Waals surface area contributed by atoms with E-state index < -0.39 is 11.8 Å². The number of carbonyl (C=O) groups is 1. The van der Waals surface area contributed by atoms with Crippen molar-refractivity contribution in [1.82, 2.24) is 4.90 Å². The second kappa shape index (κ2) is 7.22. The Morgan fingerprint density at radius 2 is 1.80 bits per heavy atom. The van der Waals surface area contributed by atoms with Crippen molar-refractivity contribution in [2.24, 2.45) is 5.92 Å². The molecule has 1 aliphatic heterocycles. The number of carboxylic acids is 1. The number of fused-ring (bicyclic) bond motifs is 1. The molecule has 140 valence electrons. The summed E-state index contributed by atoms with van der Waals surface area (Å²) < 4.78 is 12.3. The van der Waals surface area contributed by atoms with Crippen molar-refractivity contribution in [3.8, 4) is 11.5 Å². The molecule has 0 bridgehead atoms. The summed E-state index contributed by atoms with van der Waals surface area (Å²) in [5.41, 5.74) is 0.718. The van der Waals surface area contributed by atoms with Gasteiger partial charge in [0.15, 0.2) is 11.5 Å². The van der Waals surface area contributed by atoms with Gasteiger partial charge in [0.2, 0.25) is 0 Å². The SMILES string of the molecule is Cc1c(C(=O)O)cc(Cl)c2c1O[C@@](C)([C@H]1CC[C@H](N(C)C)CC1)O2.Cl. The average Bonchev–Trinajstić information content (AvgIpc) is 2.91. The van der Waals surface area contributed by atoms with E-state index in [1.54, 1.807) is 6.92 Å². The zero-order valence-corrected chi connectivity index (χ0v) is 16.5. The highest BCUT2D eigenvalue weighted by Crippen LogP contribution is 2.51. The first-order valence-electron chi connectivity index (χ1n) is 8.33. The van der Waals surface area contributed by atoms with Gasteiger partial charge in [-0.05, 0) is 52.8 Å². The van der Waals surface area contributed by atoms with Crippen LogP contribution in [0.2, 0.25) is 5.02 Å². The van der Waals surface area contributed by atoms with E-state index in [0.29, 0.717) is 28.1 Å². The van der Waals surface area contributed by atoms with Crippen LogP contribution in [-0.4, -0.2) is 41.9 Å². The predicted molar refractivity (Wildman–Crippen MR) is 99.5 cm³/mol. The highest BCUT2D eigenvalue weighted by molar-refractivity contribution is 6.32. The largest absolute Gasteiger partial charge is 0.478 e. The van der Waals surface area contributed by atoms with Crippen LogP contribution in [0.25, 0.3) is 0 Å². The minimum Gasteiger partial charge on any atom is -0.478 e. The van der Waals surface area contributed by atoms with Crippen LogP contribution in [0.15, 0.2) is 6.07 Å². The van der Waals surface area contributed by atoms with Crippen LogP contribution >= 0.6 is 24.0 Å². The third-order valence-corrected chi connectivity index (χ3v) is 5.73. The molecule has 3 rings (SSSR count). The number of carboxylic acid groups (broad SMARTS) is 1. The molecule has 5 nitrogen and oxygen atoms in total. The van der Waals surface area contributed by atoms with E-state index in [1.165, 1.54) is 6.07 Å². The highest BCUT2D eigenvalue weighted by Gasteiger charge is 2.47. The third-order valence-electron chi connectivity index (χ3n) is 5.45.